The van der Waals surface area contributed by atoms with E-state index in [1.807, 2.05) is 6.07 Å². The Hall–Kier alpha value is -0.290. The largest absolute Gasteiger partial charge is 0.495 e. The molecule has 13 heavy (non-hydrogen) atoms. The molecule has 2 N–H and O–H groups in total. The van der Waals surface area contributed by atoms with Crippen molar-refractivity contribution in [2.24, 2.45) is 0 Å². The van der Waals surface area contributed by atoms with E-state index in [4.69, 9.17) is 21.5 Å². The van der Waals surface area contributed by atoms with Crippen LogP contribution in [0.25, 0.3) is 0 Å². The quantitative estimate of drug-likeness (QED) is 0.826. The molecule has 0 aliphatic rings. The topological polar surface area (TPSA) is 41.5 Å². The van der Waals surface area contributed by atoms with Crippen LogP contribution >= 0.6 is 27.5 Å². The molecule has 0 aliphatic heterocycles. The second-order valence-corrected chi connectivity index (χ2v) is 3.62. The van der Waals surface area contributed by atoms with Gasteiger partial charge >= 0.3 is 0 Å². The Labute approximate surface area is 89.7 Å². The molecule has 0 fully saturated rings. The third-order valence-electron chi connectivity index (χ3n) is 1.61. The van der Waals surface area contributed by atoms with Gasteiger partial charge in [0.2, 0.25) is 0 Å². The maximum absolute atomic E-state index is 8.54. The summed E-state index contributed by atoms with van der Waals surface area (Å²) in [6.45, 7) is 0.302. The molecular formula is C8H9BrClNO2. The predicted octanol–water partition coefficient (Wildman–Crippen LogP) is 2.59. The second kappa shape index (κ2) is 4.81. The summed E-state index contributed by atoms with van der Waals surface area (Å²) < 4.78 is 5.87. The first kappa shape index (κ1) is 10.8. The van der Waals surface area contributed by atoms with Crippen molar-refractivity contribution < 1.29 is 9.94 Å². The Morgan fingerprint density at radius 3 is 2.85 bits per heavy atom. The van der Waals surface area contributed by atoms with Gasteiger partial charge in [0.1, 0.15) is 5.75 Å². The molecule has 72 valence electrons. The molecule has 0 spiro atoms. The lowest BCUT2D eigenvalue weighted by Gasteiger charge is -2.10. The van der Waals surface area contributed by atoms with Gasteiger partial charge in [-0.15, -0.1) is 0 Å². The van der Waals surface area contributed by atoms with Gasteiger partial charge in [0, 0.05) is 16.6 Å². The lowest BCUT2D eigenvalue weighted by molar-refractivity contribution is 0.160. The fourth-order valence-corrected chi connectivity index (χ4v) is 1.59. The minimum absolute atomic E-state index is 0.302. The highest BCUT2D eigenvalue weighted by molar-refractivity contribution is 9.10. The fraction of sp³-hybridized carbons (Fsp3) is 0.250. The SMILES string of the molecule is COc1c(CNO)ccc(Br)c1Cl. The number of methoxy groups -OCH3 is 1. The van der Waals surface area contributed by atoms with Crippen molar-refractivity contribution in [1.29, 1.82) is 0 Å². The number of halogens is 2. The molecule has 3 nitrogen and oxygen atoms in total. The molecular weight excluding hydrogens is 257 g/mol. The Morgan fingerprint density at radius 1 is 1.62 bits per heavy atom. The number of ether oxygens (including phenoxy) is 1. The van der Waals surface area contributed by atoms with Crippen LogP contribution in [0.15, 0.2) is 16.6 Å². The molecule has 0 bridgehead atoms. The summed E-state index contributed by atoms with van der Waals surface area (Å²) in [5, 5.41) is 9.05. The van der Waals surface area contributed by atoms with Gasteiger partial charge in [-0.05, 0) is 22.0 Å². The van der Waals surface area contributed by atoms with Gasteiger partial charge in [0.05, 0.1) is 12.1 Å². The highest BCUT2D eigenvalue weighted by Crippen LogP contribution is 2.34. The first-order valence-corrected chi connectivity index (χ1v) is 4.75. The van der Waals surface area contributed by atoms with Crippen molar-refractivity contribution in [2.45, 2.75) is 6.54 Å². The number of benzene rings is 1. The number of nitrogens with one attached hydrogen (secondary N) is 1. The third-order valence-corrected chi connectivity index (χ3v) is 2.87. The van der Waals surface area contributed by atoms with Gasteiger partial charge in [0.25, 0.3) is 0 Å². The first-order valence-electron chi connectivity index (χ1n) is 3.58. The Morgan fingerprint density at radius 2 is 2.31 bits per heavy atom. The Balaban J connectivity index is 3.13. The molecule has 1 rings (SSSR count). The van der Waals surface area contributed by atoms with Crippen molar-refractivity contribution >= 4 is 27.5 Å². The van der Waals surface area contributed by atoms with E-state index in [0.717, 1.165) is 10.0 Å². The maximum atomic E-state index is 8.54. The molecule has 0 amide bonds. The third kappa shape index (κ3) is 2.34. The zero-order valence-electron chi connectivity index (χ0n) is 6.97. The van der Waals surface area contributed by atoms with Crippen LogP contribution < -0.4 is 10.2 Å². The van der Waals surface area contributed by atoms with E-state index in [0.29, 0.717) is 17.3 Å². The summed E-state index contributed by atoms with van der Waals surface area (Å²) >= 11 is 9.23. The zero-order chi connectivity index (χ0) is 9.84. The second-order valence-electron chi connectivity index (χ2n) is 2.39. The van der Waals surface area contributed by atoms with Crippen molar-refractivity contribution in [3.8, 4) is 5.75 Å². The summed E-state index contributed by atoms with van der Waals surface area (Å²) in [7, 11) is 1.54. The molecule has 0 atom stereocenters. The minimum Gasteiger partial charge on any atom is -0.495 e. The monoisotopic (exact) mass is 265 g/mol. The molecule has 0 aromatic heterocycles. The van der Waals surface area contributed by atoms with E-state index in [1.165, 1.54) is 7.11 Å². The van der Waals surface area contributed by atoms with Crippen LogP contribution in [0.4, 0.5) is 0 Å². The maximum Gasteiger partial charge on any atom is 0.143 e. The summed E-state index contributed by atoms with van der Waals surface area (Å²) in [6.07, 6.45) is 0. The predicted molar refractivity (Wildman–Crippen MR) is 54.3 cm³/mol. The Bertz CT molecular complexity index is 306. The minimum atomic E-state index is 0.302. The van der Waals surface area contributed by atoms with Gasteiger partial charge in [-0.2, -0.15) is 0 Å². The van der Waals surface area contributed by atoms with Crippen LogP contribution in [0.5, 0.6) is 5.75 Å². The number of hydroxylamine groups is 1. The van der Waals surface area contributed by atoms with Gasteiger partial charge in [-0.25, -0.2) is 5.48 Å². The van der Waals surface area contributed by atoms with Crippen molar-refractivity contribution in [3.63, 3.8) is 0 Å². The summed E-state index contributed by atoms with van der Waals surface area (Å²) in [5.74, 6) is 0.567. The molecule has 0 aliphatic carbocycles. The van der Waals surface area contributed by atoms with Crippen LogP contribution in [0, 0.1) is 0 Å². The molecule has 0 saturated carbocycles. The van der Waals surface area contributed by atoms with Crippen molar-refractivity contribution in [2.75, 3.05) is 7.11 Å². The first-order chi connectivity index (χ1) is 6.20. The number of hydrogen-bond acceptors (Lipinski definition) is 3. The van der Waals surface area contributed by atoms with Gasteiger partial charge in [-0.3, -0.25) is 0 Å². The number of rotatable bonds is 3. The average Bonchev–Trinajstić information content (AvgIpc) is 2.12. The van der Waals surface area contributed by atoms with E-state index in [9.17, 15) is 0 Å². The standard InChI is InChI=1S/C8H9BrClNO2/c1-13-8-5(4-11-12)2-3-6(9)7(8)10/h2-3,11-12H,4H2,1H3. The summed E-state index contributed by atoms with van der Waals surface area (Å²) in [6, 6.07) is 3.62. The average molecular weight is 267 g/mol. The smallest absolute Gasteiger partial charge is 0.143 e. The van der Waals surface area contributed by atoms with Crippen LogP contribution in [0.1, 0.15) is 5.56 Å². The van der Waals surface area contributed by atoms with Crippen molar-refractivity contribution in [3.05, 3.63) is 27.2 Å². The molecule has 5 heteroatoms. The lowest BCUT2D eigenvalue weighted by Crippen LogP contribution is -2.07. The van der Waals surface area contributed by atoms with E-state index in [-0.39, 0.29) is 0 Å². The molecule has 1 aromatic rings. The molecule has 0 saturated heterocycles. The number of hydrogen-bond donors (Lipinski definition) is 2. The van der Waals surface area contributed by atoms with Crippen LogP contribution in [0.2, 0.25) is 5.02 Å². The van der Waals surface area contributed by atoms with Crippen LogP contribution in [-0.4, -0.2) is 12.3 Å². The van der Waals surface area contributed by atoms with E-state index < -0.39 is 0 Å². The van der Waals surface area contributed by atoms with Crippen LogP contribution in [0.3, 0.4) is 0 Å². The van der Waals surface area contributed by atoms with E-state index in [2.05, 4.69) is 21.4 Å². The molecule has 0 heterocycles. The molecule has 1 aromatic carbocycles. The summed E-state index contributed by atoms with van der Waals surface area (Å²) in [4.78, 5) is 0. The lowest BCUT2D eigenvalue weighted by atomic mass is 10.2. The van der Waals surface area contributed by atoms with E-state index in [1.54, 1.807) is 6.07 Å². The van der Waals surface area contributed by atoms with E-state index >= 15 is 0 Å². The van der Waals surface area contributed by atoms with Crippen molar-refractivity contribution in [1.82, 2.24) is 5.48 Å². The summed E-state index contributed by atoms with van der Waals surface area (Å²) in [5.41, 5.74) is 2.86. The Kier molecular flexibility index (Phi) is 3.99. The van der Waals surface area contributed by atoms with Gasteiger partial charge in [0.15, 0.2) is 0 Å². The highest BCUT2D eigenvalue weighted by atomic mass is 79.9. The normalized spacial score (nSPS) is 10.2. The highest BCUT2D eigenvalue weighted by Gasteiger charge is 2.09. The molecule has 0 radical (unpaired) electrons. The zero-order valence-corrected chi connectivity index (χ0v) is 9.32. The fourth-order valence-electron chi connectivity index (χ4n) is 1.02. The van der Waals surface area contributed by atoms with Crippen LogP contribution in [-0.2, 0) is 6.54 Å². The van der Waals surface area contributed by atoms with Gasteiger partial charge in [-0.1, -0.05) is 17.7 Å². The molecule has 0 unspecified atom stereocenters. The van der Waals surface area contributed by atoms with Gasteiger partial charge < -0.3 is 9.94 Å².